The number of carbonyl (C=O) groups excluding carboxylic acids is 1. The van der Waals surface area contributed by atoms with Gasteiger partial charge in [0.25, 0.3) is 11.5 Å². The Morgan fingerprint density at radius 1 is 1.21 bits per heavy atom. The molecular weight excluding hydrogens is 494 g/mol. The Morgan fingerprint density at radius 3 is 2.49 bits per heavy atom. The highest BCUT2D eigenvalue weighted by molar-refractivity contribution is 6.02. The molecule has 0 aliphatic carbocycles. The average molecular weight is 526 g/mol. The zero-order valence-corrected chi connectivity index (χ0v) is 22.3. The van der Waals surface area contributed by atoms with Gasteiger partial charge in [-0.1, -0.05) is 55.7 Å². The summed E-state index contributed by atoms with van der Waals surface area (Å²) in [6, 6.07) is 14.9. The maximum absolute atomic E-state index is 13.2. The van der Waals surface area contributed by atoms with Gasteiger partial charge in [0.05, 0.1) is 16.6 Å². The number of carbonyl (C=O) groups is 1. The molecule has 0 spiro atoms. The fourth-order valence-corrected chi connectivity index (χ4v) is 3.72. The Hall–Kier alpha value is -5.01. The fourth-order valence-electron chi connectivity index (χ4n) is 3.72. The Morgan fingerprint density at radius 2 is 1.90 bits per heavy atom. The van der Waals surface area contributed by atoms with E-state index in [-0.39, 0.29) is 16.9 Å². The van der Waals surface area contributed by atoms with E-state index in [4.69, 9.17) is 11.5 Å². The number of hydrogen-bond acceptors (Lipinski definition) is 7. The molecule has 10 nitrogen and oxygen atoms in total. The van der Waals surface area contributed by atoms with Crippen LogP contribution in [0.5, 0.6) is 0 Å². The van der Waals surface area contributed by atoms with Crippen molar-refractivity contribution in [2.75, 3.05) is 5.73 Å². The van der Waals surface area contributed by atoms with Crippen molar-refractivity contribution in [3.05, 3.63) is 88.5 Å². The number of aliphatic imine (C=N–C) groups is 1. The molecule has 1 amide bonds. The fraction of sp³-hybridized carbons (Fsp3) is 0.207. The summed E-state index contributed by atoms with van der Waals surface area (Å²) in [6.07, 6.45) is 3.55. The van der Waals surface area contributed by atoms with Crippen LogP contribution in [0.1, 0.15) is 42.5 Å². The first-order valence-electron chi connectivity index (χ1n) is 12.1. The predicted molar refractivity (Wildman–Crippen MR) is 154 cm³/mol. The van der Waals surface area contributed by atoms with E-state index >= 15 is 0 Å². The van der Waals surface area contributed by atoms with E-state index in [1.165, 1.54) is 17.0 Å². The van der Waals surface area contributed by atoms with Crippen LogP contribution in [-0.4, -0.2) is 42.2 Å². The summed E-state index contributed by atoms with van der Waals surface area (Å²) < 4.78 is 3.02. The highest BCUT2D eigenvalue weighted by atomic mass is 16.3. The van der Waals surface area contributed by atoms with Gasteiger partial charge >= 0.3 is 0 Å². The van der Waals surface area contributed by atoms with E-state index in [0.717, 1.165) is 5.69 Å². The SMILES string of the molecule is C=C/C=N\c1c(C(N)=O)c(N)nn1C.CCc1nc2cccc(C#CC(C)(C)O)c2c(=O)n1-c1ccccc1. The largest absolute Gasteiger partial charge is 0.381 e. The first-order chi connectivity index (χ1) is 18.5. The number of nitrogens with two attached hydrogens (primary N) is 2. The molecule has 0 fully saturated rings. The monoisotopic (exact) mass is 525 g/mol. The van der Waals surface area contributed by atoms with Gasteiger partial charge in [-0.3, -0.25) is 14.2 Å². The number of benzene rings is 2. The third-order valence-electron chi connectivity index (χ3n) is 5.39. The molecule has 10 heteroatoms. The van der Waals surface area contributed by atoms with Gasteiger partial charge in [-0.05, 0) is 38.1 Å². The lowest BCUT2D eigenvalue weighted by Gasteiger charge is -2.13. The molecule has 39 heavy (non-hydrogen) atoms. The quantitative estimate of drug-likeness (QED) is 0.269. The van der Waals surface area contributed by atoms with E-state index in [2.05, 4.69) is 33.5 Å². The van der Waals surface area contributed by atoms with Crippen molar-refractivity contribution in [1.29, 1.82) is 0 Å². The van der Waals surface area contributed by atoms with Gasteiger partial charge in [-0.15, -0.1) is 0 Å². The predicted octanol–water partition coefficient (Wildman–Crippen LogP) is 3.06. The molecular formula is C29H31N7O3. The molecule has 2 aromatic heterocycles. The number of aromatic nitrogens is 4. The van der Waals surface area contributed by atoms with Gasteiger partial charge in [0.2, 0.25) is 0 Å². The third-order valence-corrected chi connectivity index (χ3v) is 5.39. The van der Waals surface area contributed by atoms with Crippen molar-refractivity contribution in [1.82, 2.24) is 19.3 Å². The molecule has 2 aromatic carbocycles. The van der Waals surface area contributed by atoms with Crippen molar-refractivity contribution in [2.45, 2.75) is 32.8 Å². The maximum atomic E-state index is 13.2. The van der Waals surface area contributed by atoms with Gasteiger partial charge in [0, 0.05) is 25.2 Å². The number of nitrogens with zero attached hydrogens (tertiary/aromatic N) is 5. The highest BCUT2D eigenvalue weighted by Gasteiger charge is 2.18. The first kappa shape index (κ1) is 28.6. The summed E-state index contributed by atoms with van der Waals surface area (Å²) in [5.74, 6) is 6.17. The van der Waals surface area contributed by atoms with Gasteiger partial charge < -0.3 is 16.6 Å². The summed E-state index contributed by atoms with van der Waals surface area (Å²) >= 11 is 0. The van der Waals surface area contributed by atoms with Gasteiger partial charge in [-0.25, -0.2) is 14.7 Å². The first-order valence-corrected chi connectivity index (χ1v) is 12.1. The third kappa shape index (κ3) is 6.66. The number of amides is 1. The Kier molecular flexibility index (Phi) is 8.80. The topological polar surface area (TPSA) is 154 Å². The molecule has 0 aliphatic heterocycles. The number of hydrogen-bond donors (Lipinski definition) is 3. The van der Waals surface area contributed by atoms with E-state index in [0.29, 0.717) is 34.5 Å². The van der Waals surface area contributed by atoms with Gasteiger partial charge in [0.1, 0.15) is 17.0 Å². The van der Waals surface area contributed by atoms with Crippen LogP contribution < -0.4 is 17.0 Å². The standard InChI is InChI=1S/C21H20N2O2.C8H11N5O/c1-4-18-22-17-12-8-9-15(13-14-21(2,3)25)19(17)20(24)23(18)16-10-6-5-7-11-16;1-3-4-11-8-5(7(10)14)6(9)12-13(8)2/h5-12,25H,4H2,1-3H3;3-4H,1H2,2H3,(H2,9,12)(H2,10,14)/b;11-4-. The summed E-state index contributed by atoms with van der Waals surface area (Å²) in [7, 11) is 1.62. The molecule has 0 radical (unpaired) electrons. The molecule has 0 saturated carbocycles. The molecule has 0 bridgehead atoms. The van der Waals surface area contributed by atoms with Crippen LogP contribution in [0.2, 0.25) is 0 Å². The average Bonchev–Trinajstić information content (AvgIpc) is 3.18. The summed E-state index contributed by atoms with van der Waals surface area (Å²) in [5, 5.41) is 14.2. The molecule has 2 heterocycles. The number of primary amides is 1. The van der Waals surface area contributed by atoms with Crippen LogP contribution in [0.3, 0.4) is 0 Å². The minimum atomic E-state index is -1.13. The second-order valence-corrected chi connectivity index (χ2v) is 8.95. The van der Waals surface area contributed by atoms with Gasteiger partial charge in [0.15, 0.2) is 11.6 Å². The highest BCUT2D eigenvalue weighted by Crippen LogP contribution is 2.23. The number of anilines is 1. The van der Waals surface area contributed by atoms with Crippen LogP contribution in [0.25, 0.3) is 16.6 Å². The molecule has 4 aromatic rings. The molecule has 0 atom stereocenters. The van der Waals surface area contributed by atoms with Crippen molar-refractivity contribution in [2.24, 2.45) is 17.8 Å². The molecule has 0 unspecified atom stereocenters. The van der Waals surface area contributed by atoms with E-state index in [1.54, 1.807) is 31.5 Å². The molecule has 0 aliphatic rings. The number of allylic oxidation sites excluding steroid dienone is 1. The lowest BCUT2D eigenvalue weighted by atomic mass is 10.1. The lowest BCUT2D eigenvalue weighted by Crippen LogP contribution is -2.24. The van der Waals surface area contributed by atoms with Gasteiger partial charge in [-0.2, -0.15) is 5.10 Å². The summed E-state index contributed by atoms with van der Waals surface area (Å²) in [4.78, 5) is 32.9. The maximum Gasteiger partial charge on any atom is 0.267 e. The van der Waals surface area contributed by atoms with Crippen molar-refractivity contribution >= 4 is 34.7 Å². The second kappa shape index (κ2) is 12.0. The van der Waals surface area contributed by atoms with Crippen LogP contribution in [0.4, 0.5) is 11.6 Å². The van der Waals surface area contributed by atoms with Crippen molar-refractivity contribution in [3.8, 4) is 17.5 Å². The number of nitrogen functional groups attached to an aromatic ring is 1. The number of rotatable bonds is 5. The van der Waals surface area contributed by atoms with Crippen molar-refractivity contribution in [3.63, 3.8) is 0 Å². The zero-order chi connectivity index (χ0) is 28.7. The minimum Gasteiger partial charge on any atom is -0.381 e. The number of aryl methyl sites for hydroxylation is 2. The van der Waals surface area contributed by atoms with E-state index in [9.17, 15) is 14.7 Å². The van der Waals surface area contributed by atoms with Crippen molar-refractivity contribution < 1.29 is 9.90 Å². The van der Waals surface area contributed by atoms with Crippen LogP contribution in [0, 0.1) is 11.8 Å². The van der Waals surface area contributed by atoms with Crippen LogP contribution >= 0.6 is 0 Å². The minimum absolute atomic E-state index is 0.0798. The second-order valence-electron chi connectivity index (χ2n) is 8.95. The van der Waals surface area contributed by atoms with E-state index in [1.807, 2.05) is 49.4 Å². The molecule has 4 rings (SSSR count). The normalized spacial score (nSPS) is 11.0. The Labute approximate surface area is 226 Å². The summed E-state index contributed by atoms with van der Waals surface area (Å²) in [5.41, 5.74) is 11.4. The number of para-hydroxylation sites is 1. The number of fused-ring (bicyclic) bond motifs is 1. The lowest BCUT2D eigenvalue weighted by molar-refractivity contribution is 0.100. The number of aliphatic hydroxyl groups is 1. The summed E-state index contributed by atoms with van der Waals surface area (Å²) in [6.45, 7) is 8.66. The Bertz CT molecular complexity index is 1660. The smallest absolute Gasteiger partial charge is 0.267 e. The zero-order valence-electron chi connectivity index (χ0n) is 22.3. The van der Waals surface area contributed by atoms with Crippen LogP contribution in [0.15, 0.2) is 71.0 Å². The Balaban J connectivity index is 0.000000255. The molecule has 5 N–H and O–H groups in total. The molecule has 0 saturated heterocycles. The van der Waals surface area contributed by atoms with Crippen LogP contribution in [-0.2, 0) is 13.5 Å². The molecule has 200 valence electrons. The van der Waals surface area contributed by atoms with E-state index < -0.39 is 11.5 Å².